The molecule has 1 aliphatic carbocycles. The fourth-order valence-electron chi connectivity index (χ4n) is 1.95. The van der Waals surface area contributed by atoms with Gasteiger partial charge in [0, 0.05) is 6.04 Å². The van der Waals surface area contributed by atoms with E-state index in [-0.39, 0.29) is 5.82 Å². The minimum absolute atomic E-state index is 0.333. The van der Waals surface area contributed by atoms with Crippen LogP contribution in [0.1, 0.15) is 38.5 Å². The lowest BCUT2D eigenvalue weighted by Crippen LogP contribution is -2.17. The Morgan fingerprint density at radius 3 is 2.74 bits per heavy atom. The number of rotatable bonds is 9. The number of hydrogen-bond acceptors (Lipinski definition) is 2. The van der Waals surface area contributed by atoms with Crippen LogP contribution in [0.25, 0.3) is 0 Å². The Hall–Kier alpha value is -0.800. The highest BCUT2D eigenvalue weighted by molar-refractivity contribution is 6.32. The van der Waals surface area contributed by atoms with E-state index >= 15 is 0 Å². The summed E-state index contributed by atoms with van der Waals surface area (Å²) in [5.74, 6) is 0.235. The van der Waals surface area contributed by atoms with Crippen LogP contribution in [0.15, 0.2) is 18.2 Å². The summed E-state index contributed by atoms with van der Waals surface area (Å²) in [6.07, 6.45) is 7.33. The molecule has 1 saturated carbocycles. The van der Waals surface area contributed by atoms with Crippen molar-refractivity contribution in [2.75, 3.05) is 13.2 Å². The van der Waals surface area contributed by atoms with E-state index in [1.165, 1.54) is 37.8 Å². The smallest absolute Gasteiger partial charge is 0.138 e. The molecule has 0 radical (unpaired) electrons. The first-order chi connectivity index (χ1) is 9.25. The summed E-state index contributed by atoms with van der Waals surface area (Å²) < 4.78 is 18.4. The summed E-state index contributed by atoms with van der Waals surface area (Å²) in [5, 5.41) is 3.84. The van der Waals surface area contributed by atoms with Crippen molar-refractivity contribution in [1.82, 2.24) is 5.32 Å². The molecular formula is C15H21ClFNO. The minimum Gasteiger partial charge on any atom is -0.492 e. The van der Waals surface area contributed by atoms with Gasteiger partial charge >= 0.3 is 0 Å². The van der Waals surface area contributed by atoms with Gasteiger partial charge in [-0.2, -0.15) is 0 Å². The SMILES string of the molecule is Fc1ccc(OCCCCCCNC2CC2)c(Cl)c1. The number of hydrogen-bond donors (Lipinski definition) is 1. The summed E-state index contributed by atoms with van der Waals surface area (Å²) in [4.78, 5) is 0. The summed E-state index contributed by atoms with van der Waals surface area (Å²) in [6.45, 7) is 1.77. The van der Waals surface area contributed by atoms with Crippen LogP contribution >= 0.6 is 11.6 Å². The molecule has 2 rings (SSSR count). The summed E-state index contributed by atoms with van der Waals surface area (Å²) in [6, 6.07) is 5.03. The van der Waals surface area contributed by atoms with E-state index < -0.39 is 0 Å². The Bertz CT molecular complexity index is 396. The minimum atomic E-state index is -0.333. The molecule has 19 heavy (non-hydrogen) atoms. The van der Waals surface area contributed by atoms with Gasteiger partial charge in [-0.3, -0.25) is 0 Å². The molecule has 0 atom stereocenters. The van der Waals surface area contributed by atoms with Gasteiger partial charge in [0.25, 0.3) is 0 Å². The molecule has 1 aliphatic rings. The maximum atomic E-state index is 12.8. The zero-order valence-electron chi connectivity index (χ0n) is 11.1. The molecule has 1 aromatic carbocycles. The number of benzene rings is 1. The first-order valence-electron chi connectivity index (χ1n) is 7.07. The molecule has 1 fully saturated rings. The van der Waals surface area contributed by atoms with Crippen molar-refractivity contribution in [1.29, 1.82) is 0 Å². The highest BCUT2D eigenvalue weighted by Crippen LogP contribution is 2.25. The second-order valence-corrected chi connectivity index (χ2v) is 5.47. The average Bonchev–Trinajstić information content (AvgIpc) is 3.19. The third-order valence-corrected chi connectivity index (χ3v) is 3.53. The lowest BCUT2D eigenvalue weighted by atomic mass is 10.2. The van der Waals surface area contributed by atoms with E-state index in [9.17, 15) is 4.39 Å². The fraction of sp³-hybridized carbons (Fsp3) is 0.600. The fourth-order valence-corrected chi connectivity index (χ4v) is 2.17. The van der Waals surface area contributed by atoms with E-state index in [0.717, 1.165) is 25.4 Å². The molecule has 0 saturated heterocycles. The van der Waals surface area contributed by atoms with Crippen LogP contribution in [0.4, 0.5) is 4.39 Å². The van der Waals surface area contributed by atoms with Crippen LogP contribution in [0.5, 0.6) is 5.75 Å². The van der Waals surface area contributed by atoms with Gasteiger partial charge in [-0.1, -0.05) is 24.4 Å². The quantitative estimate of drug-likeness (QED) is 0.688. The van der Waals surface area contributed by atoms with E-state index in [4.69, 9.17) is 16.3 Å². The zero-order valence-corrected chi connectivity index (χ0v) is 11.9. The predicted molar refractivity (Wildman–Crippen MR) is 76.4 cm³/mol. The Labute approximate surface area is 119 Å². The third kappa shape index (κ3) is 5.79. The first-order valence-corrected chi connectivity index (χ1v) is 7.45. The van der Waals surface area contributed by atoms with Gasteiger partial charge in [0.15, 0.2) is 0 Å². The Morgan fingerprint density at radius 1 is 1.21 bits per heavy atom. The number of halogens is 2. The number of unbranched alkanes of at least 4 members (excludes halogenated alkanes) is 3. The van der Waals surface area contributed by atoms with Crippen LogP contribution in [-0.4, -0.2) is 19.2 Å². The third-order valence-electron chi connectivity index (χ3n) is 3.23. The molecule has 0 amide bonds. The predicted octanol–water partition coefficient (Wildman–Crippen LogP) is 4.17. The van der Waals surface area contributed by atoms with Crippen molar-refractivity contribution in [3.63, 3.8) is 0 Å². The zero-order chi connectivity index (χ0) is 13.5. The molecule has 0 unspecified atom stereocenters. The Morgan fingerprint density at radius 2 is 2.00 bits per heavy atom. The van der Waals surface area contributed by atoms with E-state index in [2.05, 4.69) is 5.32 Å². The Balaban J connectivity index is 1.48. The van der Waals surface area contributed by atoms with E-state index in [0.29, 0.717) is 17.4 Å². The number of nitrogens with one attached hydrogen (secondary N) is 1. The normalized spacial score (nSPS) is 14.6. The van der Waals surface area contributed by atoms with Crippen LogP contribution in [0.2, 0.25) is 5.02 Å². The topological polar surface area (TPSA) is 21.3 Å². The van der Waals surface area contributed by atoms with Gasteiger partial charge in [0.2, 0.25) is 0 Å². The number of ether oxygens (including phenoxy) is 1. The summed E-state index contributed by atoms with van der Waals surface area (Å²) in [5.41, 5.74) is 0. The van der Waals surface area contributed by atoms with Gasteiger partial charge in [0.05, 0.1) is 11.6 Å². The van der Waals surface area contributed by atoms with Crippen molar-refractivity contribution in [2.45, 2.75) is 44.6 Å². The molecule has 0 aromatic heterocycles. The van der Waals surface area contributed by atoms with Crippen LogP contribution < -0.4 is 10.1 Å². The van der Waals surface area contributed by atoms with Crippen molar-refractivity contribution >= 4 is 11.6 Å². The maximum Gasteiger partial charge on any atom is 0.138 e. The molecule has 0 aliphatic heterocycles. The molecule has 0 heterocycles. The molecule has 4 heteroatoms. The first kappa shape index (κ1) is 14.6. The molecular weight excluding hydrogens is 265 g/mol. The monoisotopic (exact) mass is 285 g/mol. The molecule has 0 bridgehead atoms. The summed E-state index contributed by atoms with van der Waals surface area (Å²) >= 11 is 5.87. The van der Waals surface area contributed by atoms with Gasteiger partial charge in [-0.25, -0.2) is 4.39 Å². The van der Waals surface area contributed by atoms with E-state index in [1.807, 2.05) is 0 Å². The largest absolute Gasteiger partial charge is 0.492 e. The second kappa shape index (κ2) is 7.71. The van der Waals surface area contributed by atoms with E-state index in [1.54, 1.807) is 6.07 Å². The lowest BCUT2D eigenvalue weighted by molar-refractivity contribution is 0.304. The highest BCUT2D eigenvalue weighted by Gasteiger charge is 2.19. The molecule has 0 spiro atoms. The van der Waals surface area contributed by atoms with Crippen molar-refractivity contribution in [3.8, 4) is 5.75 Å². The maximum absolute atomic E-state index is 12.8. The van der Waals surface area contributed by atoms with Crippen LogP contribution in [0, 0.1) is 5.82 Å². The van der Waals surface area contributed by atoms with Crippen molar-refractivity contribution < 1.29 is 9.13 Å². The van der Waals surface area contributed by atoms with Gasteiger partial charge in [-0.05, 0) is 50.4 Å². The van der Waals surface area contributed by atoms with Gasteiger partial charge < -0.3 is 10.1 Å². The van der Waals surface area contributed by atoms with Gasteiger partial charge in [-0.15, -0.1) is 0 Å². The molecule has 106 valence electrons. The van der Waals surface area contributed by atoms with Crippen LogP contribution in [0.3, 0.4) is 0 Å². The summed E-state index contributed by atoms with van der Waals surface area (Å²) in [7, 11) is 0. The van der Waals surface area contributed by atoms with Crippen molar-refractivity contribution in [3.05, 3.63) is 29.0 Å². The standard InChI is InChI=1S/C15H21ClFNO/c16-14-11-12(17)5-8-15(14)19-10-4-2-1-3-9-18-13-6-7-13/h5,8,11,13,18H,1-4,6-7,9-10H2. The Kier molecular flexibility index (Phi) is 5.93. The molecule has 1 N–H and O–H groups in total. The lowest BCUT2D eigenvalue weighted by Gasteiger charge is -2.08. The average molecular weight is 286 g/mol. The second-order valence-electron chi connectivity index (χ2n) is 5.07. The molecule has 2 nitrogen and oxygen atoms in total. The highest BCUT2D eigenvalue weighted by atomic mass is 35.5. The van der Waals surface area contributed by atoms with Crippen molar-refractivity contribution in [2.24, 2.45) is 0 Å². The van der Waals surface area contributed by atoms with Crippen LogP contribution in [-0.2, 0) is 0 Å². The molecule has 1 aromatic rings. The van der Waals surface area contributed by atoms with Gasteiger partial charge in [0.1, 0.15) is 11.6 Å².